The lowest BCUT2D eigenvalue weighted by atomic mass is 9.93. The van der Waals surface area contributed by atoms with E-state index in [-0.39, 0.29) is 30.0 Å². The molecule has 0 radical (unpaired) electrons. The Morgan fingerprint density at radius 2 is 1.73 bits per heavy atom. The maximum Gasteiger partial charge on any atom is 0.254 e. The van der Waals surface area contributed by atoms with E-state index in [1.807, 2.05) is 4.90 Å². The summed E-state index contributed by atoms with van der Waals surface area (Å²) in [5.74, 6) is 0.886. The number of rotatable bonds is 4. The van der Waals surface area contributed by atoms with Gasteiger partial charge in [-0.05, 0) is 56.5 Å². The molecule has 6 nitrogen and oxygen atoms in total. The van der Waals surface area contributed by atoms with Gasteiger partial charge in [-0.1, -0.05) is 6.07 Å². The molecule has 2 aliphatic rings. The quantitative estimate of drug-likeness (QED) is 0.835. The van der Waals surface area contributed by atoms with Crippen LogP contribution in [0.15, 0.2) is 24.3 Å². The summed E-state index contributed by atoms with van der Waals surface area (Å²) in [4.78, 5) is 28.5. The fourth-order valence-electron chi connectivity index (χ4n) is 3.64. The summed E-state index contributed by atoms with van der Waals surface area (Å²) in [5, 5.41) is 12.9. The van der Waals surface area contributed by atoms with Crippen LogP contribution >= 0.6 is 12.4 Å². The van der Waals surface area contributed by atoms with Crippen LogP contribution in [0.2, 0.25) is 0 Å². The normalized spacial score (nSPS) is 18.3. The first kappa shape index (κ1) is 20.5. The summed E-state index contributed by atoms with van der Waals surface area (Å²) in [5.41, 5.74) is 0.491. The lowest BCUT2D eigenvalue weighted by molar-refractivity contribution is -0.133. The summed E-state index contributed by atoms with van der Waals surface area (Å²) < 4.78 is 0. The van der Waals surface area contributed by atoms with Crippen molar-refractivity contribution in [3.63, 3.8) is 0 Å². The number of hydrogen-bond acceptors (Lipinski definition) is 4. The van der Waals surface area contributed by atoms with Crippen LogP contribution in [0.4, 0.5) is 0 Å². The number of amides is 2. The third-order valence-corrected chi connectivity index (χ3v) is 5.24. The molecule has 0 aliphatic carbocycles. The van der Waals surface area contributed by atoms with Crippen LogP contribution in [0.3, 0.4) is 0 Å². The Balaban J connectivity index is 0.00000243. The minimum atomic E-state index is -0.0855. The molecule has 2 fully saturated rings. The first-order chi connectivity index (χ1) is 12.1. The SMILES string of the molecule is Cl.O=C(CCC1CCNCC1)N1CCN(C(=O)c2cccc(O)c2)CC1. The molecular weight excluding hydrogens is 354 g/mol. The summed E-state index contributed by atoms with van der Waals surface area (Å²) in [6.07, 6.45) is 3.92. The largest absolute Gasteiger partial charge is 0.508 e. The van der Waals surface area contributed by atoms with E-state index < -0.39 is 0 Å². The van der Waals surface area contributed by atoms with Crippen LogP contribution in [-0.4, -0.2) is 66.0 Å². The molecule has 144 valence electrons. The third kappa shape index (κ3) is 5.35. The van der Waals surface area contributed by atoms with Crippen molar-refractivity contribution in [2.45, 2.75) is 25.7 Å². The van der Waals surface area contributed by atoms with Crippen LogP contribution in [-0.2, 0) is 4.79 Å². The number of halogens is 1. The molecule has 0 aromatic heterocycles. The van der Waals surface area contributed by atoms with Crippen molar-refractivity contribution in [3.8, 4) is 5.75 Å². The van der Waals surface area contributed by atoms with E-state index in [1.165, 1.54) is 18.9 Å². The van der Waals surface area contributed by atoms with Crippen molar-refractivity contribution in [1.82, 2.24) is 15.1 Å². The second-order valence-corrected chi connectivity index (χ2v) is 6.96. The third-order valence-electron chi connectivity index (χ3n) is 5.24. The number of aromatic hydroxyl groups is 1. The van der Waals surface area contributed by atoms with Gasteiger partial charge in [-0.15, -0.1) is 12.4 Å². The van der Waals surface area contributed by atoms with Gasteiger partial charge in [0.05, 0.1) is 0 Å². The second-order valence-electron chi connectivity index (χ2n) is 6.96. The Morgan fingerprint density at radius 3 is 2.38 bits per heavy atom. The Labute approximate surface area is 161 Å². The van der Waals surface area contributed by atoms with E-state index >= 15 is 0 Å². The summed E-state index contributed by atoms with van der Waals surface area (Å²) in [6.45, 7) is 4.41. The van der Waals surface area contributed by atoms with Crippen molar-refractivity contribution in [2.24, 2.45) is 5.92 Å². The monoisotopic (exact) mass is 381 g/mol. The molecule has 26 heavy (non-hydrogen) atoms. The maximum absolute atomic E-state index is 12.5. The highest BCUT2D eigenvalue weighted by Crippen LogP contribution is 2.19. The predicted molar refractivity (Wildman–Crippen MR) is 103 cm³/mol. The summed E-state index contributed by atoms with van der Waals surface area (Å²) in [7, 11) is 0. The highest BCUT2D eigenvalue weighted by molar-refractivity contribution is 5.94. The molecule has 0 bridgehead atoms. The number of carbonyl (C=O) groups excluding carboxylic acids is 2. The number of piperazine rings is 1. The first-order valence-corrected chi connectivity index (χ1v) is 9.20. The van der Waals surface area contributed by atoms with Gasteiger partial charge >= 0.3 is 0 Å². The lowest BCUT2D eigenvalue weighted by Crippen LogP contribution is -2.50. The number of hydrogen-bond donors (Lipinski definition) is 2. The Hall–Kier alpha value is -1.79. The van der Waals surface area contributed by atoms with Gasteiger partial charge < -0.3 is 20.2 Å². The molecule has 7 heteroatoms. The van der Waals surface area contributed by atoms with Gasteiger partial charge in [0, 0.05) is 38.2 Å². The van der Waals surface area contributed by atoms with Crippen LogP contribution in [0.5, 0.6) is 5.75 Å². The molecule has 0 saturated carbocycles. The molecule has 0 atom stereocenters. The number of phenolic OH excluding ortho intramolecular Hbond substituents is 1. The van der Waals surface area contributed by atoms with Crippen molar-refractivity contribution in [1.29, 1.82) is 0 Å². The zero-order valence-electron chi connectivity index (χ0n) is 15.0. The van der Waals surface area contributed by atoms with E-state index in [4.69, 9.17) is 0 Å². The van der Waals surface area contributed by atoms with E-state index in [0.29, 0.717) is 44.1 Å². The lowest BCUT2D eigenvalue weighted by Gasteiger charge is -2.35. The fourth-order valence-corrected chi connectivity index (χ4v) is 3.64. The van der Waals surface area contributed by atoms with Gasteiger partial charge in [0.2, 0.25) is 5.91 Å². The number of benzene rings is 1. The van der Waals surface area contributed by atoms with Gasteiger partial charge in [0.1, 0.15) is 5.75 Å². The number of nitrogens with one attached hydrogen (secondary N) is 1. The van der Waals surface area contributed by atoms with Crippen molar-refractivity contribution < 1.29 is 14.7 Å². The molecule has 2 N–H and O–H groups in total. The van der Waals surface area contributed by atoms with Crippen molar-refractivity contribution in [3.05, 3.63) is 29.8 Å². The Morgan fingerprint density at radius 1 is 1.08 bits per heavy atom. The van der Waals surface area contributed by atoms with Gasteiger partial charge in [-0.3, -0.25) is 9.59 Å². The van der Waals surface area contributed by atoms with Gasteiger partial charge in [-0.25, -0.2) is 0 Å². The van der Waals surface area contributed by atoms with Crippen LogP contribution in [0.25, 0.3) is 0 Å². The Kier molecular flexibility index (Phi) is 7.72. The van der Waals surface area contributed by atoms with Crippen molar-refractivity contribution >= 4 is 24.2 Å². The number of piperidine rings is 1. The van der Waals surface area contributed by atoms with Crippen LogP contribution < -0.4 is 5.32 Å². The van der Waals surface area contributed by atoms with Crippen LogP contribution in [0, 0.1) is 5.92 Å². The zero-order chi connectivity index (χ0) is 17.6. The van der Waals surface area contributed by atoms with E-state index in [9.17, 15) is 14.7 Å². The number of phenols is 1. The van der Waals surface area contributed by atoms with E-state index in [0.717, 1.165) is 19.5 Å². The second kappa shape index (κ2) is 9.78. The highest BCUT2D eigenvalue weighted by atomic mass is 35.5. The molecule has 2 aliphatic heterocycles. The standard InChI is InChI=1S/C19H27N3O3.ClH/c23-17-3-1-2-16(14-17)19(25)22-12-10-21(11-13-22)18(24)5-4-15-6-8-20-9-7-15;/h1-3,14-15,20,23H,4-13H2;1H. The van der Waals surface area contributed by atoms with Crippen LogP contribution in [0.1, 0.15) is 36.0 Å². The molecule has 0 spiro atoms. The van der Waals surface area contributed by atoms with Crippen molar-refractivity contribution in [2.75, 3.05) is 39.3 Å². The first-order valence-electron chi connectivity index (χ1n) is 9.20. The zero-order valence-corrected chi connectivity index (χ0v) is 15.8. The van der Waals surface area contributed by atoms with E-state index in [2.05, 4.69) is 5.32 Å². The topological polar surface area (TPSA) is 72.9 Å². The molecule has 0 unspecified atom stereocenters. The average molecular weight is 382 g/mol. The highest BCUT2D eigenvalue weighted by Gasteiger charge is 2.25. The minimum absolute atomic E-state index is 0. The number of carbonyl (C=O) groups is 2. The molecule has 1 aromatic rings. The fraction of sp³-hybridized carbons (Fsp3) is 0.579. The van der Waals surface area contributed by atoms with Gasteiger partial charge in [0.15, 0.2) is 0 Å². The van der Waals surface area contributed by atoms with E-state index in [1.54, 1.807) is 23.1 Å². The average Bonchev–Trinajstić information content (AvgIpc) is 2.66. The Bertz CT molecular complexity index is 612. The van der Waals surface area contributed by atoms with Gasteiger partial charge in [-0.2, -0.15) is 0 Å². The molecule has 3 rings (SSSR count). The smallest absolute Gasteiger partial charge is 0.254 e. The molecule has 2 heterocycles. The number of nitrogens with zero attached hydrogens (tertiary/aromatic N) is 2. The molecule has 2 amide bonds. The molecule has 2 saturated heterocycles. The minimum Gasteiger partial charge on any atom is -0.508 e. The summed E-state index contributed by atoms with van der Waals surface area (Å²) in [6, 6.07) is 6.41. The molecular formula is C19H28ClN3O3. The molecule has 1 aromatic carbocycles. The predicted octanol–water partition coefficient (Wildman–Crippen LogP) is 1.88. The maximum atomic E-state index is 12.5. The van der Waals surface area contributed by atoms with Gasteiger partial charge in [0.25, 0.3) is 5.91 Å². The summed E-state index contributed by atoms with van der Waals surface area (Å²) >= 11 is 0.